The minimum atomic E-state index is -0.754. The lowest BCUT2D eigenvalue weighted by atomic mass is 9.89. The largest absolute Gasteiger partial charge is 0.497 e. The standard InChI is InChI=1S/C16H17BrClNO2/c1-21-12-4-2-3-10(7-12)14(9-19)16(20)13-8-11(18)5-6-15(13)17/h2-8,14,16,20H,9,19H2,1H3. The van der Waals surface area contributed by atoms with Crippen LogP contribution in [0.15, 0.2) is 46.9 Å². The Morgan fingerprint density at radius 2 is 2.05 bits per heavy atom. The zero-order valence-electron chi connectivity index (χ0n) is 11.6. The zero-order valence-corrected chi connectivity index (χ0v) is 13.9. The maximum atomic E-state index is 10.7. The van der Waals surface area contributed by atoms with Gasteiger partial charge in [0.05, 0.1) is 13.2 Å². The van der Waals surface area contributed by atoms with E-state index in [1.54, 1.807) is 19.2 Å². The van der Waals surface area contributed by atoms with Crippen molar-refractivity contribution in [1.82, 2.24) is 0 Å². The predicted molar refractivity (Wildman–Crippen MR) is 88.9 cm³/mol. The Balaban J connectivity index is 2.37. The van der Waals surface area contributed by atoms with Gasteiger partial charge in [0.15, 0.2) is 0 Å². The fourth-order valence-electron chi connectivity index (χ4n) is 2.28. The first kappa shape index (κ1) is 16.3. The monoisotopic (exact) mass is 369 g/mol. The highest BCUT2D eigenvalue weighted by atomic mass is 79.9. The number of aliphatic hydroxyl groups excluding tert-OH is 1. The Kier molecular flexibility index (Phi) is 5.65. The third-order valence-corrected chi connectivity index (χ3v) is 4.39. The number of nitrogens with two attached hydrogens (primary N) is 1. The van der Waals surface area contributed by atoms with Crippen LogP contribution in [0.25, 0.3) is 0 Å². The van der Waals surface area contributed by atoms with Gasteiger partial charge in [-0.3, -0.25) is 0 Å². The van der Waals surface area contributed by atoms with Crippen LogP contribution in [0.5, 0.6) is 5.75 Å². The summed E-state index contributed by atoms with van der Waals surface area (Å²) in [4.78, 5) is 0. The van der Waals surface area contributed by atoms with E-state index in [4.69, 9.17) is 22.1 Å². The van der Waals surface area contributed by atoms with Crippen LogP contribution in [0.3, 0.4) is 0 Å². The van der Waals surface area contributed by atoms with Crippen LogP contribution in [0.1, 0.15) is 23.1 Å². The first-order valence-corrected chi connectivity index (χ1v) is 7.71. The van der Waals surface area contributed by atoms with E-state index in [2.05, 4.69) is 15.9 Å². The molecular weight excluding hydrogens is 354 g/mol. The maximum absolute atomic E-state index is 10.7. The Morgan fingerprint density at radius 3 is 2.71 bits per heavy atom. The van der Waals surface area contributed by atoms with E-state index < -0.39 is 6.10 Å². The van der Waals surface area contributed by atoms with Gasteiger partial charge in [0.25, 0.3) is 0 Å². The molecule has 21 heavy (non-hydrogen) atoms. The molecule has 0 amide bonds. The Morgan fingerprint density at radius 1 is 1.29 bits per heavy atom. The molecule has 112 valence electrons. The van der Waals surface area contributed by atoms with Crippen LogP contribution >= 0.6 is 27.5 Å². The summed E-state index contributed by atoms with van der Waals surface area (Å²) in [6, 6.07) is 12.9. The first-order valence-electron chi connectivity index (χ1n) is 6.54. The summed E-state index contributed by atoms with van der Waals surface area (Å²) in [7, 11) is 1.61. The van der Waals surface area contributed by atoms with Gasteiger partial charge >= 0.3 is 0 Å². The number of methoxy groups -OCH3 is 1. The van der Waals surface area contributed by atoms with Crippen LogP contribution in [0.2, 0.25) is 5.02 Å². The molecule has 0 aliphatic carbocycles. The van der Waals surface area contributed by atoms with E-state index in [1.165, 1.54) is 0 Å². The van der Waals surface area contributed by atoms with E-state index in [0.717, 1.165) is 21.3 Å². The van der Waals surface area contributed by atoms with E-state index in [0.29, 0.717) is 11.6 Å². The molecule has 0 heterocycles. The average Bonchev–Trinajstić information content (AvgIpc) is 2.50. The summed E-state index contributed by atoms with van der Waals surface area (Å²) in [6.45, 7) is 0.313. The van der Waals surface area contributed by atoms with Crippen molar-refractivity contribution in [3.05, 3.63) is 63.1 Å². The summed E-state index contributed by atoms with van der Waals surface area (Å²) in [5.74, 6) is 0.498. The lowest BCUT2D eigenvalue weighted by molar-refractivity contribution is 0.146. The van der Waals surface area contributed by atoms with E-state index in [1.807, 2.05) is 30.3 Å². The van der Waals surface area contributed by atoms with Gasteiger partial charge in [-0.1, -0.05) is 39.7 Å². The molecule has 0 fully saturated rings. The highest BCUT2D eigenvalue weighted by Crippen LogP contribution is 2.36. The molecular formula is C16H17BrClNO2. The van der Waals surface area contributed by atoms with Crippen molar-refractivity contribution in [2.75, 3.05) is 13.7 Å². The zero-order chi connectivity index (χ0) is 15.4. The van der Waals surface area contributed by atoms with Crippen molar-refractivity contribution < 1.29 is 9.84 Å². The van der Waals surface area contributed by atoms with Crippen molar-refractivity contribution in [1.29, 1.82) is 0 Å². The molecule has 2 atom stereocenters. The lowest BCUT2D eigenvalue weighted by Crippen LogP contribution is -2.20. The minimum absolute atomic E-state index is 0.241. The molecule has 0 bridgehead atoms. The van der Waals surface area contributed by atoms with Crippen molar-refractivity contribution in [2.45, 2.75) is 12.0 Å². The lowest BCUT2D eigenvalue weighted by Gasteiger charge is -2.23. The third kappa shape index (κ3) is 3.77. The highest BCUT2D eigenvalue weighted by Gasteiger charge is 2.24. The molecule has 2 aromatic rings. The number of hydrogen-bond acceptors (Lipinski definition) is 3. The summed E-state index contributed by atoms with van der Waals surface area (Å²) < 4.78 is 6.03. The van der Waals surface area contributed by atoms with E-state index >= 15 is 0 Å². The number of ether oxygens (including phenoxy) is 1. The number of aliphatic hydroxyl groups is 1. The first-order chi connectivity index (χ1) is 10.1. The quantitative estimate of drug-likeness (QED) is 0.839. The van der Waals surface area contributed by atoms with E-state index in [-0.39, 0.29) is 5.92 Å². The molecule has 0 saturated heterocycles. The molecule has 0 saturated carbocycles. The second-order valence-electron chi connectivity index (χ2n) is 4.73. The SMILES string of the molecule is COc1cccc(C(CN)C(O)c2cc(Cl)ccc2Br)c1. The van der Waals surface area contributed by atoms with Gasteiger partial charge in [-0.05, 0) is 41.5 Å². The summed E-state index contributed by atoms with van der Waals surface area (Å²) in [5, 5.41) is 11.3. The number of halogens is 2. The molecule has 2 unspecified atom stereocenters. The molecule has 5 heteroatoms. The van der Waals surface area contributed by atoms with Crippen molar-refractivity contribution >= 4 is 27.5 Å². The Bertz CT molecular complexity index is 621. The maximum Gasteiger partial charge on any atom is 0.119 e. The second kappa shape index (κ2) is 7.27. The van der Waals surface area contributed by atoms with Crippen molar-refractivity contribution in [3.63, 3.8) is 0 Å². The van der Waals surface area contributed by atoms with Crippen LogP contribution in [-0.4, -0.2) is 18.8 Å². The molecule has 0 radical (unpaired) electrons. The van der Waals surface area contributed by atoms with Crippen LogP contribution < -0.4 is 10.5 Å². The fourth-order valence-corrected chi connectivity index (χ4v) is 2.94. The van der Waals surface area contributed by atoms with Crippen molar-refractivity contribution in [2.24, 2.45) is 5.73 Å². The topological polar surface area (TPSA) is 55.5 Å². The van der Waals surface area contributed by atoms with E-state index in [9.17, 15) is 5.11 Å². The van der Waals surface area contributed by atoms with Gasteiger partial charge in [-0.15, -0.1) is 0 Å². The summed E-state index contributed by atoms with van der Waals surface area (Å²) in [6.07, 6.45) is -0.754. The highest BCUT2D eigenvalue weighted by molar-refractivity contribution is 9.10. The summed E-state index contributed by atoms with van der Waals surface area (Å²) in [5.41, 5.74) is 7.52. The Labute approximate surface area is 137 Å². The molecule has 2 aromatic carbocycles. The molecule has 3 nitrogen and oxygen atoms in total. The van der Waals surface area contributed by atoms with Crippen LogP contribution in [0.4, 0.5) is 0 Å². The fraction of sp³-hybridized carbons (Fsp3) is 0.250. The normalized spacial score (nSPS) is 13.8. The molecule has 3 N–H and O–H groups in total. The van der Waals surface area contributed by atoms with Crippen molar-refractivity contribution in [3.8, 4) is 5.75 Å². The molecule has 0 aliphatic rings. The van der Waals surface area contributed by atoms with Gasteiger partial charge in [0.1, 0.15) is 5.75 Å². The molecule has 0 spiro atoms. The average molecular weight is 371 g/mol. The number of rotatable bonds is 5. The smallest absolute Gasteiger partial charge is 0.119 e. The second-order valence-corrected chi connectivity index (χ2v) is 6.02. The minimum Gasteiger partial charge on any atom is -0.497 e. The Hall–Kier alpha value is -1.07. The molecule has 0 aromatic heterocycles. The van der Waals surface area contributed by atoms with Gasteiger partial charge in [-0.2, -0.15) is 0 Å². The van der Waals surface area contributed by atoms with Crippen LogP contribution in [0, 0.1) is 0 Å². The van der Waals surface area contributed by atoms with Gasteiger partial charge in [-0.25, -0.2) is 0 Å². The van der Waals surface area contributed by atoms with Gasteiger partial charge in [0.2, 0.25) is 0 Å². The molecule has 0 aliphatic heterocycles. The van der Waals surface area contributed by atoms with Crippen LogP contribution in [-0.2, 0) is 0 Å². The van der Waals surface area contributed by atoms with Gasteiger partial charge in [0, 0.05) is 22.0 Å². The third-order valence-electron chi connectivity index (χ3n) is 3.43. The molecule has 2 rings (SSSR count). The predicted octanol–water partition coefficient (Wildman–Crippen LogP) is 3.89. The number of benzene rings is 2. The number of hydrogen-bond donors (Lipinski definition) is 2. The summed E-state index contributed by atoms with van der Waals surface area (Å²) >= 11 is 9.46. The van der Waals surface area contributed by atoms with Gasteiger partial charge < -0.3 is 15.6 Å².